The van der Waals surface area contributed by atoms with Crippen molar-refractivity contribution < 1.29 is 9.59 Å². The van der Waals surface area contributed by atoms with Gasteiger partial charge in [-0.25, -0.2) is 4.79 Å². The Morgan fingerprint density at radius 1 is 1.32 bits per heavy atom. The summed E-state index contributed by atoms with van der Waals surface area (Å²) in [5.41, 5.74) is 8.06. The van der Waals surface area contributed by atoms with Crippen molar-refractivity contribution in [1.82, 2.24) is 10.2 Å². The average molecular weight is 367 g/mol. The van der Waals surface area contributed by atoms with Crippen LogP contribution in [0.5, 0.6) is 0 Å². The van der Waals surface area contributed by atoms with Crippen molar-refractivity contribution in [2.45, 2.75) is 33.1 Å². The summed E-state index contributed by atoms with van der Waals surface area (Å²) in [6.07, 6.45) is 2.71. The van der Waals surface area contributed by atoms with E-state index >= 15 is 0 Å². The lowest BCUT2D eigenvalue weighted by molar-refractivity contribution is -0.123. The van der Waals surface area contributed by atoms with E-state index in [4.69, 9.17) is 17.3 Å². The summed E-state index contributed by atoms with van der Waals surface area (Å²) in [6.45, 7) is 6.97. The van der Waals surface area contributed by atoms with Crippen molar-refractivity contribution in [3.63, 3.8) is 0 Å². The molecule has 1 heterocycles. The maximum atomic E-state index is 12.1. The molecule has 25 heavy (non-hydrogen) atoms. The number of carbonyl (C=O) groups excluding carboxylic acids is 2. The molecule has 0 radical (unpaired) electrons. The number of likely N-dealkylation sites (tertiary alicyclic amines) is 1. The van der Waals surface area contributed by atoms with Gasteiger partial charge in [0.15, 0.2) is 0 Å². The van der Waals surface area contributed by atoms with Crippen molar-refractivity contribution >= 4 is 29.2 Å². The lowest BCUT2D eigenvalue weighted by Gasteiger charge is -2.31. The summed E-state index contributed by atoms with van der Waals surface area (Å²) < 4.78 is 0. The zero-order valence-electron chi connectivity index (χ0n) is 14.9. The van der Waals surface area contributed by atoms with Crippen molar-refractivity contribution in [2.24, 2.45) is 11.7 Å². The molecular weight excluding hydrogens is 340 g/mol. The Morgan fingerprint density at radius 2 is 2.00 bits per heavy atom. The Bertz CT molecular complexity index is 612. The van der Waals surface area contributed by atoms with Gasteiger partial charge in [-0.2, -0.15) is 0 Å². The largest absolute Gasteiger partial charge is 0.369 e. The molecule has 0 saturated carbocycles. The second kappa shape index (κ2) is 9.06. The first-order chi connectivity index (χ1) is 11.9. The van der Waals surface area contributed by atoms with E-state index in [1.54, 1.807) is 0 Å². The molecule has 1 aromatic carbocycles. The third-order valence-electron chi connectivity index (χ3n) is 4.58. The van der Waals surface area contributed by atoms with Crippen LogP contribution >= 0.6 is 11.6 Å². The number of anilines is 1. The molecule has 0 spiro atoms. The Labute approximate surface area is 154 Å². The van der Waals surface area contributed by atoms with Crippen LogP contribution in [0, 0.1) is 19.8 Å². The quantitative estimate of drug-likeness (QED) is 0.676. The number of halogens is 1. The molecule has 1 aromatic rings. The van der Waals surface area contributed by atoms with Crippen LogP contribution in [-0.4, -0.2) is 43.0 Å². The smallest absolute Gasteiger partial charge is 0.319 e. The second-order valence-corrected chi connectivity index (χ2v) is 7.13. The highest BCUT2D eigenvalue weighted by molar-refractivity contribution is 6.30. The van der Waals surface area contributed by atoms with Crippen molar-refractivity contribution in [3.05, 3.63) is 28.3 Å². The number of aryl methyl sites for hydroxylation is 2. The zero-order chi connectivity index (χ0) is 18.4. The Kier molecular flexibility index (Phi) is 7.08. The van der Waals surface area contributed by atoms with E-state index in [-0.39, 0.29) is 17.9 Å². The first-order valence-corrected chi connectivity index (χ1v) is 9.08. The van der Waals surface area contributed by atoms with Gasteiger partial charge in [0.25, 0.3) is 0 Å². The van der Waals surface area contributed by atoms with Gasteiger partial charge in [0, 0.05) is 23.8 Å². The van der Waals surface area contributed by atoms with Crippen LogP contribution in [0.15, 0.2) is 12.1 Å². The normalized spacial score (nSPS) is 18.0. The maximum absolute atomic E-state index is 12.1. The summed E-state index contributed by atoms with van der Waals surface area (Å²) in [5.74, 6) is -0.253. The summed E-state index contributed by atoms with van der Waals surface area (Å²) in [5, 5.41) is 6.42. The molecule has 1 aliphatic rings. The number of nitrogens with one attached hydrogen (secondary N) is 2. The molecule has 138 valence electrons. The standard InChI is InChI=1S/C18H27ClN4O2/c1-12-9-15(19)10-13(2)16(12)22-18(25)21-6-4-8-23-7-3-5-14(11-23)17(20)24/h9-10,14H,3-8,11H2,1-2H3,(H2,20,24)(H2,21,22,25)/t14-/m1/s1. The predicted octanol–water partition coefficient (Wildman–Crippen LogP) is 2.67. The molecule has 4 N–H and O–H groups in total. The number of benzene rings is 1. The minimum Gasteiger partial charge on any atom is -0.369 e. The van der Waals surface area contributed by atoms with E-state index in [2.05, 4.69) is 15.5 Å². The molecule has 1 fully saturated rings. The molecule has 1 aliphatic heterocycles. The molecule has 0 aliphatic carbocycles. The van der Waals surface area contributed by atoms with Gasteiger partial charge in [-0.05, 0) is 69.5 Å². The van der Waals surface area contributed by atoms with Gasteiger partial charge < -0.3 is 21.3 Å². The van der Waals surface area contributed by atoms with Crippen molar-refractivity contribution in [2.75, 3.05) is 31.5 Å². The maximum Gasteiger partial charge on any atom is 0.319 e. The first kappa shape index (κ1) is 19.5. The lowest BCUT2D eigenvalue weighted by Crippen LogP contribution is -2.42. The Hall–Kier alpha value is -1.79. The molecule has 7 heteroatoms. The van der Waals surface area contributed by atoms with Gasteiger partial charge in [-0.1, -0.05) is 11.6 Å². The summed E-state index contributed by atoms with van der Waals surface area (Å²) in [4.78, 5) is 25.6. The van der Waals surface area contributed by atoms with Gasteiger partial charge in [-0.3, -0.25) is 4.79 Å². The number of urea groups is 1. The number of amides is 3. The van der Waals surface area contributed by atoms with E-state index in [0.717, 1.165) is 55.7 Å². The zero-order valence-corrected chi connectivity index (χ0v) is 15.7. The SMILES string of the molecule is Cc1cc(Cl)cc(C)c1NC(=O)NCCCN1CCC[C@@H](C(N)=O)C1. The molecule has 0 unspecified atom stereocenters. The molecule has 2 rings (SSSR count). The number of hydrogen-bond donors (Lipinski definition) is 3. The monoisotopic (exact) mass is 366 g/mol. The van der Waals surface area contributed by atoms with Crippen molar-refractivity contribution in [1.29, 1.82) is 0 Å². The molecule has 3 amide bonds. The van der Waals surface area contributed by atoms with Crippen LogP contribution in [0.3, 0.4) is 0 Å². The van der Waals surface area contributed by atoms with E-state index in [1.807, 2.05) is 26.0 Å². The Morgan fingerprint density at radius 3 is 2.64 bits per heavy atom. The minimum atomic E-state index is -0.220. The second-order valence-electron chi connectivity index (χ2n) is 6.69. The van der Waals surface area contributed by atoms with Gasteiger partial charge in [0.2, 0.25) is 5.91 Å². The highest BCUT2D eigenvalue weighted by Crippen LogP contribution is 2.24. The molecular formula is C18H27ClN4O2. The van der Waals surface area contributed by atoms with Crippen LogP contribution in [-0.2, 0) is 4.79 Å². The molecule has 1 atom stereocenters. The van der Waals surface area contributed by atoms with Gasteiger partial charge >= 0.3 is 6.03 Å². The number of nitrogens with zero attached hydrogens (tertiary/aromatic N) is 1. The predicted molar refractivity (Wildman–Crippen MR) is 101 cm³/mol. The summed E-state index contributed by atoms with van der Waals surface area (Å²) in [7, 11) is 0. The van der Waals surface area contributed by atoms with E-state index < -0.39 is 0 Å². The van der Waals surface area contributed by atoms with E-state index in [0.29, 0.717) is 11.6 Å². The Balaban J connectivity index is 1.72. The van der Waals surface area contributed by atoms with Gasteiger partial charge in [-0.15, -0.1) is 0 Å². The molecule has 0 bridgehead atoms. The fraction of sp³-hybridized carbons (Fsp3) is 0.556. The number of carbonyl (C=O) groups is 2. The highest BCUT2D eigenvalue weighted by Gasteiger charge is 2.23. The fourth-order valence-electron chi connectivity index (χ4n) is 3.26. The van der Waals surface area contributed by atoms with Crippen LogP contribution in [0.4, 0.5) is 10.5 Å². The molecule has 1 saturated heterocycles. The topological polar surface area (TPSA) is 87.5 Å². The number of primary amides is 1. The van der Waals surface area contributed by atoms with E-state index in [9.17, 15) is 9.59 Å². The lowest BCUT2D eigenvalue weighted by atomic mass is 9.97. The van der Waals surface area contributed by atoms with Crippen molar-refractivity contribution in [3.8, 4) is 0 Å². The summed E-state index contributed by atoms with van der Waals surface area (Å²) in [6, 6.07) is 3.44. The first-order valence-electron chi connectivity index (χ1n) is 8.70. The highest BCUT2D eigenvalue weighted by atomic mass is 35.5. The number of piperidine rings is 1. The minimum absolute atomic E-state index is 0.0409. The third-order valence-corrected chi connectivity index (χ3v) is 4.80. The van der Waals surface area contributed by atoms with Crippen LogP contribution in [0.25, 0.3) is 0 Å². The van der Waals surface area contributed by atoms with Gasteiger partial charge in [0.05, 0.1) is 5.92 Å². The van der Waals surface area contributed by atoms with Crippen LogP contribution < -0.4 is 16.4 Å². The van der Waals surface area contributed by atoms with Crippen LogP contribution in [0.2, 0.25) is 5.02 Å². The van der Waals surface area contributed by atoms with Crippen LogP contribution in [0.1, 0.15) is 30.4 Å². The van der Waals surface area contributed by atoms with E-state index in [1.165, 1.54) is 0 Å². The third kappa shape index (κ3) is 5.90. The molecule has 6 nitrogen and oxygen atoms in total. The average Bonchev–Trinajstić information content (AvgIpc) is 2.55. The fourth-order valence-corrected chi connectivity index (χ4v) is 3.59. The molecule has 0 aromatic heterocycles. The number of hydrogen-bond acceptors (Lipinski definition) is 3. The number of nitrogens with two attached hydrogens (primary N) is 1. The summed E-state index contributed by atoms with van der Waals surface area (Å²) >= 11 is 6.00. The van der Waals surface area contributed by atoms with Gasteiger partial charge in [0.1, 0.15) is 0 Å². The number of rotatable bonds is 6.